The lowest BCUT2D eigenvalue weighted by Crippen LogP contribution is -2.39. The molecule has 1 aliphatic rings. The number of nitrogens with zero attached hydrogens (tertiary/aromatic N) is 2. The lowest BCUT2D eigenvalue weighted by molar-refractivity contribution is -0.129. The van der Waals surface area contributed by atoms with Crippen LogP contribution in [0.25, 0.3) is 0 Å². The average molecular weight is 422 g/mol. The van der Waals surface area contributed by atoms with Gasteiger partial charge in [-0.15, -0.1) is 11.8 Å². The molecule has 0 aliphatic heterocycles. The lowest BCUT2D eigenvalue weighted by atomic mass is 9.94. The molecule has 156 valence electrons. The average Bonchev–Trinajstić information content (AvgIpc) is 2.79. The minimum absolute atomic E-state index is 0.107. The van der Waals surface area contributed by atoms with E-state index in [2.05, 4.69) is 11.4 Å². The molecule has 1 N–H and O–H groups in total. The van der Waals surface area contributed by atoms with Crippen molar-refractivity contribution in [3.8, 4) is 6.07 Å². The number of benzene rings is 2. The van der Waals surface area contributed by atoms with E-state index in [1.54, 1.807) is 18.2 Å². The number of amides is 2. The number of anilines is 1. The Morgan fingerprint density at radius 3 is 2.50 bits per heavy atom. The molecule has 3 rings (SSSR count). The molecule has 0 atom stereocenters. The molecule has 0 aromatic heterocycles. The molecular formula is C24H27N3O2S. The van der Waals surface area contributed by atoms with Crippen molar-refractivity contribution < 1.29 is 9.59 Å². The van der Waals surface area contributed by atoms with E-state index in [1.165, 1.54) is 31.0 Å². The van der Waals surface area contributed by atoms with Gasteiger partial charge < -0.3 is 10.2 Å². The zero-order chi connectivity index (χ0) is 21.3. The topological polar surface area (TPSA) is 73.2 Å². The highest BCUT2D eigenvalue weighted by atomic mass is 32.2. The van der Waals surface area contributed by atoms with Crippen LogP contribution in [-0.4, -0.2) is 35.6 Å². The summed E-state index contributed by atoms with van der Waals surface area (Å²) >= 11 is 1.41. The third kappa shape index (κ3) is 5.87. The Hall–Kier alpha value is -2.78. The molecule has 2 amide bonds. The SMILES string of the molecule is CN(C(=O)CSc1ccccc1C(=O)Nc1ccc(CC#N)cc1)C1CCCCC1. The fourth-order valence-corrected chi connectivity index (χ4v) is 4.66. The normalized spacial score (nSPS) is 14.0. The van der Waals surface area contributed by atoms with Gasteiger partial charge in [0, 0.05) is 23.7 Å². The number of carbonyl (C=O) groups excluding carboxylic acids is 2. The second-order valence-electron chi connectivity index (χ2n) is 7.57. The molecule has 0 spiro atoms. The number of nitrogens with one attached hydrogen (secondary N) is 1. The fourth-order valence-electron chi connectivity index (χ4n) is 3.69. The second kappa shape index (κ2) is 10.8. The van der Waals surface area contributed by atoms with Crippen molar-refractivity contribution >= 4 is 29.3 Å². The smallest absolute Gasteiger partial charge is 0.256 e. The first-order valence-corrected chi connectivity index (χ1v) is 11.3. The first kappa shape index (κ1) is 21.9. The highest BCUT2D eigenvalue weighted by molar-refractivity contribution is 8.00. The van der Waals surface area contributed by atoms with Gasteiger partial charge in [0.1, 0.15) is 0 Å². The van der Waals surface area contributed by atoms with E-state index in [4.69, 9.17) is 5.26 Å². The summed E-state index contributed by atoms with van der Waals surface area (Å²) in [5.74, 6) is 0.217. The third-order valence-corrected chi connectivity index (χ3v) is 6.55. The first-order chi connectivity index (χ1) is 14.6. The van der Waals surface area contributed by atoms with Crippen LogP contribution in [0.3, 0.4) is 0 Å². The lowest BCUT2D eigenvalue weighted by Gasteiger charge is -2.31. The van der Waals surface area contributed by atoms with Crippen LogP contribution in [0.1, 0.15) is 48.0 Å². The van der Waals surface area contributed by atoms with E-state index >= 15 is 0 Å². The maximum absolute atomic E-state index is 12.8. The quantitative estimate of drug-likeness (QED) is 0.646. The third-order valence-electron chi connectivity index (χ3n) is 5.49. The predicted molar refractivity (Wildman–Crippen MR) is 121 cm³/mol. The summed E-state index contributed by atoms with van der Waals surface area (Å²) in [5, 5.41) is 11.7. The Morgan fingerprint density at radius 1 is 1.10 bits per heavy atom. The van der Waals surface area contributed by atoms with Crippen molar-refractivity contribution in [1.82, 2.24) is 4.90 Å². The van der Waals surface area contributed by atoms with Gasteiger partial charge in [-0.3, -0.25) is 9.59 Å². The van der Waals surface area contributed by atoms with Gasteiger partial charge in [0.25, 0.3) is 5.91 Å². The van der Waals surface area contributed by atoms with Crippen molar-refractivity contribution in [3.63, 3.8) is 0 Å². The number of hydrogen-bond donors (Lipinski definition) is 1. The summed E-state index contributed by atoms with van der Waals surface area (Å²) in [4.78, 5) is 28.1. The summed E-state index contributed by atoms with van der Waals surface area (Å²) in [5.41, 5.74) is 2.14. The summed E-state index contributed by atoms with van der Waals surface area (Å²) in [6.07, 6.45) is 6.15. The molecule has 1 fully saturated rings. The van der Waals surface area contributed by atoms with Gasteiger partial charge in [-0.05, 0) is 42.7 Å². The number of nitriles is 1. The largest absolute Gasteiger partial charge is 0.342 e. The number of carbonyl (C=O) groups is 2. The molecule has 5 nitrogen and oxygen atoms in total. The number of rotatable bonds is 7. The van der Waals surface area contributed by atoms with Crippen LogP contribution >= 0.6 is 11.8 Å². The minimum atomic E-state index is -0.209. The van der Waals surface area contributed by atoms with Crippen molar-refractivity contribution in [2.45, 2.75) is 49.5 Å². The molecule has 0 bridgehead atoms. The molecular weight excluding hydrogens is 394 g/mol. The highest BCUT2D eigenvalue weighted by Gasteiger charge is 2.22. The maximum Gasteiger partial charge on any atom is 0.256 e. The van der Waals surface area contributed by atoms with Gasteiger partial charge in [-0.2, -0.15) is 5.26 Å². The molecule has 1 aliphatic carbocycles. The molecule has 6 heteroatoms. The molecule has 30 heavy (non-hydrogen) atoms. The van der Waals surface area contributed by atoms with Crippen LogP contribution in [0.4, 0.5) is 5.69 Å². The van der Waals surface area contributed by atoms with E-state index in [9.17, 15) is 9.59 Å². The Labute approximate surface area is 182 Å². The van der Waals surface area contributed by atoms with Gasteiger partial charge in [-0.1, -0.05) is 43.5 Å². The summed E-state index contributed by atoms with van der Waals surface area (Å²) in [6.45, 7) is 0. The Bertz CT molecular complexity index is 915. The van der Waals surface area contributed by atoms with E-state index in [0.717, 1.165) is 23.3 Å². The zero-order valence-corrected chi connectivity index (χ0v) is 18.1. The zero-order valence-electron chi connectivity index (χ0n) is 17.3. The van der Waals surface area contributed by atoms with Gasteiger partial charge >= 0.3 is 0 Å². The van der Waals surface area contributed by atoms with Crippen LogP contribution in [-0.2, 0) is 11.2 Å². The molecule has 0 heterocycles. The number of hydrogen-bond acceptors (Lipinski definition) is 4. The van der Waals surface area contributed by atoms with Crippen molar-refractivity contribution in [2.75, 3.05) is 18.1 Å². The Morgan fingerprint density at radius 2 is 1.80 bits per heavy atom. The molecule has 2 aromatic carbocycles. The second-order valence-corrected chi connectivity index (χ2v) is 8.58. The molecule has 0 radical (unpaired) electrons. The monoisotopic (exact) mass is 421 g/mol. The van der Waals surface area contributed by atoms with Crippen molar-refractivity contribution in [3.05, 3.63) is 59.7 Å². The van der Waals surface area contributed by atoms with Crippen LogP contribution in [0.5, 0.6) is 0 Å². The Balaban J connectivity index is 1.61. The van der Waals surface area contributed by atoms with E-state index < -0.39 is 0 Å². The summed E-state index contributed by atoms with van der Waals surface area (Å²) in [6, 6.07) is 17.1. The first-order valence-electron chi connectivity index (χ1n) is 10.3. The van der Waals surface area contributed by atoms with Crippen LogP contribution in [0.15, 0.2) is 53.4 Å². The fraction of sp³-hybridized carbons (Fsp3) is 0.375. The minimum Gasteiger partial charge on any atom is -0.342 e. The van der Waals surface area contributed by atoms with Crippen LogP contribution in [0.2, 0.25) is 0 Å². The van der Waals surface area contributed by atoms with Gasteiger partial charge in [0.05, 0.1) is 23.8 Å². The predicted octanol–water partition coefficient (Wildman–Crippen LogP) is 4.89. The highest BCUT2D eigenvalue weighted by Crippen LogP contribution is 2.26. The molecule has 2 aromatic rings. The summed E-state index contributed by atoms with van der Waals surface area (Å²) < 4.78 is 0. The van der Waals surface area contributed by atoms with E-state index in [1.807, 2.05) is 42.3 Å². The van der Waals surface area contributed by atoms with Crippen LogP contribution < -0.4 is 5.32 Å². The van der Waals surface area contributed by atoms with Gasteiger partial charge in [0.2, 0.25) is 5.91 Å². The van der Waals surface area contributed by atoms with E-state index in [-0.39, 0.29) is 11.8 Å². The van der Waals surface area contributed by atoms with Gasteiger partial charge in [0.15, 0.2) is 0 Å². The molecule has 1 saturated carbocycles. The van der Waals surface area contributed by atoms with Crippen LogP contribution in [0, 0.1) is 11.3 Å². The number of thioether (sulfide) groups is 1. The standard InChI is InChI=1S/C24H27N3O2S/c1-27(20-7-3-2-4-8-20)23(28)17-30-22-10-6-5-9-21(22)24(29)26-19-13-11-18(12-14-19)15-16-25/h5-6,9-14,20H,2-4,7-8,15,17H2,1H3,(H,26,29). The summed E-state index contributed by atoms with van der Waals surface area (Å²) in [7, 11) is 1.90. The molecule has 0 unspecified atom stereocenters. The van der Waals surface area contributed by atoms with Crippen molar-refractivity contribution in [1.29, 1.82) is 5.26 Å². The maximum atomic E-state index is 12.8. The van der Waals surface area contributed by atoms with Crippen molar-refractivity contribution in [2.24, 2.45) is 0 Å². The Kier molecular flexibility index (Phi) is 7.92. The van der Waals surface area contributed by atoms with Gasteiger partial charge in [-0.25, -0.2) is 0 Å². The molecule has 0 saturated heterocycles. The van der Waals surface area contributed by atoms with E-state index in [0.29, 0.717) is 29.5 Å².